The summed E-state index contributed by atoms with van der Waals surface area (Å²) in [4.78, 5) is 12.6. The van der Waals surface area contributed by atoms with Crippen LogP contribution in [-0.4, -0.2) is 23.6 Å². The first kappa shape index (κ1) is 18.6. The molecule has 0 spiro atoms. The highest BCUT2D eigenvalue weighted by Gasteiger charge is 2.17. The van der Waals surface area contributed by atoms with Crippen molar-refractivity contribution in [3.63, 3.8) is 0 Å². The van der Waals surface area contributed by atoms with Gasteiger partial charge in [0.1, 0.15) is 0 Å². The van der Waals surface area contributed by atoms with E-state index in [0.29, 0.717) is 29.2 Å². The van der Waals surface area contributed by atoms with Gasteiger partial charge in [0.2, 0.25) is 5.78 Å². The van der Waals surface area contributed by atoms with Crippen LogP contribution in [0.1, 0.15) is 47.6 Å². The van der Waals surface area contributed by atoms with E-state index in [1.807, 2.05) is 26.8 Å². The molecule has 0 saturated heterocycles. The van der Waals surface area contributed by atoms with E-state index in [2.05, 4.69) is 17.6 Å². The van der Waals surface area contributed by atoms with Gasteiger partial charge in [-0.1, -0.05) is 6.92 Å². The van der Waals surface area contributed by atoms with Gasteiger partial charge >= 0.3 is 0 Å². The predicted octanol–water partition coefficient (Wildman–Crippen LogP) is 4.05. The van der Waals surface area contributed by atoms with Crippen LogP contribution in [0.25, 0.3) is 0 Å². The van der Waals surface area contributed by atoms with Crippen LogP contribution >= 0.6 is 0 Å². The number of ketones is 1. The highest BCUT2D eigenvalue weighted by molar-refractivity contribution is 5.98. The molecular weight excluding hydrogens is 316 g/mol. The first-order valence-electron chi connectivity index (χ1n) is 8.51. The molecule has 1 aromatic heterocycles. The first-order chi connectivity index (χ1) is 12.0. The summed E-state index contributed by atoms with van der Waals surface area (Å²) in [5.74, 6) is 0.879. The molecular formula is C20H24N2O3. The fourth-order valence-corrected chi connectivity index (χ4v) is 2.84. The molecule has 1 aromatic carbocycles. The largest absolute Gasteiger partial charge is 0.490 e. The van der Waals surface area contributed by atoms with Crippen LogP contribution in [0.5, 0.6) is 11.5 Å². The van der Waals surface area contributed by atoms with Gasteiger partial charge in [0.25, 0.3) is 0 Å². The number of carbonyl (C=O) groups is 1. The molecule has 0 saturated carbocycles. The number of hydrogen-bond donors (Lipinski definition) is 0. The van der Waals surface area contributed by atoms with Crippen molar-refractivity contribution in [2.75, 3.05) is 13.2 Å². The van der Waals surface area contributed by atoms with Gasteiger partial charge in [-0.3, -0.25) is 4.79 Å². The normalized spacial score (nSPS) is 10.4. The number of aromatic nitrogens is 1. The number of nitriles is 1. The van der Waals surface area contributed by atoms with Crippen molar-refractivity contribution in [3.8, 4) is 17.6 Å². The van der Waals surface area contributed by atoms with Gasteiger partial charge in [-0.15, -0.1) is 0 Å². The monoisotopic (exact) mass is 340 g/mol. The average Bonchev–Trinajstić information content (AvgIpc) is 2.89. The molecule has 0 radical (unpaired) electrons. The Bertz CT molecular complexity index is 800. The summed E-state index contributed by atoms with van der Waals surface area (Å²) in [6.45, 7) is 9.23. The Hall–Kier alpha value is -2.74. The summed E-state index contributed by atoms with van der Waals surface area (Å²) in [6.07, 6.45) is 1.02. The van der Waals surface area contributed by atoms with E-state index in [0.717, 1.165) is 24.4 Å². The summed E-state index contributed by atoms with van der Waals surface area (Å²) in [6, 6.07) is 8.92. The zero-order valence-electron chi connectivity index (χ0n) is 15.3. The number of nitrogens with zero attached hydrogens (tertiary/aromatic N) is 2. The van der Waals surface area contributed by atoms with Crippen molar-refractivity contribution in [3.05, 3.63) is 46.8 Å². The third-order valence-corrected chi connectivity index (χ3v) is 4.05. The van der Waals surface area contributed by atoms with Gasteiger partial charge in [-0.25, -0.2) is 0 Å². The smallest absolute Gasteiger partial charge is 0.202 e. The summed E-state index contributed by atoms with van der Waals surface area (Å²) >= 11 is 0. The van der Waals surface area contributed by atoms with Gasteiger partial charge in [0.15, 0.2) is 18.1 Å². The summed E-state index contributed by atoms with van der Waals surface area (Å²) in [5, 5.41) is 8.99. The molecule has 0 unspecified atom stereocenters. The molecule has 132 valence electrons. The van der Waals surface area contributed by atoms with Gasteiger partial charge in [0.05, 0.1) is 18.2 Å². The topological polar surface area (TPSA) is 64.2 Å². The number of rotatable bonds is 8. The third-order valence-electron chi connectivity index (χ3n) is 4.05. The molecule has 0 fully saturated rings. The van der Waals surface area contributed by atoms with Crippen LogP contribution in [0.3, 0.4) is 0 Å². The van der Waals surface area contributed by atoms with Crippen molar-refractivity contribution in [1.29, 1.82) is 5.26 Å². The van der Waals surface area contributed by atoms with Gasteiger partial charge < -0.3 is 14.0 Å². The summed E-state index contributed by atoms with van der Waals surface area (Å²) in [5.41, 5.74) is 3.23. The Morgan fingerprint density at radius 2 is 1.92 bits per heavy atom. The van der Waals surface area contributed by atoms with Gasteiger partial charge in [0, 0.05) is 29.6 Å². The quantitative estimate of drug-likeness (QED) is 0.680. The van der Waals surface area contributed by atoms with Crippen LogP contribution in [0.4, 0.5) is 0 Å². The molecule has 2 aromatic rings. The van der Waals surface area contributed by atoms with Crippen molar-refractivity contribution in [2.24, 2.45) is 0 Å². The maximum Gasteiger partial charge on any atom is 0.202 e. The van der Waals surface area contributed by atoms with Crippen molar-refractivity contribution >= 4 is 5.78 Å². The van der Waals surface area contributed by atoms with E-state index in [1.165, 1.54) is 0 Å². The molecule has 0 amide bonds. The minimum absolute atomic E-state index is 0.0671. The van der Waals surface area contributed by atoms with Gasteiger partial charge in [-0.05, 0) is 45.4 Å². The minimum atomic E-state index is -0.0674. The molecule has 0 aliphatic rings. The Morgan fingerprint density at radius 3 is 2.56 bits per heavy atom. The molecule has 0 aliphatic carbocycles. The number of carbonyl (C=O) groups excluding carboxylic acids is 1. The predicted molar refractivity (Wildman–Crippen MR) is 96.3 cm³/mol. The molecule has 5 nitrogen and oxygen atoms in total. The zero-order chi connectivity index (χ0) is 18.4. The van der Waals surface area contributed by atoms with Crippen LogP contribution in [-0.2, 0) is 6.54 Å². The number of benzene rings is 1. The van der Waals surface area contributed by atoms with Crippen LogP contribution in [0.2, 0.25) is 0 Å². The highest BCUT2D eigenvalue weighted by atomic mass is 16.5. The Balaban J connectivity index is 2.15. The Morgan fingerprint density at radius 1 is 1.16 bits per heavy atom. The van der Waals surface area contributed by atoms with Crippen molar-refractivity contribution < 1.29 is 14.3 Å². The SMILES string of the molecule is CCCn1c(C)cc(C(=O)COc2ccc(C#N)cc2OCC)c1C. The lowest BCUT2D eigenvalue weighted by molar-refractivity contribution is 0.0918. The molecule has 1 heterocycles. The van der Waals surface area contributed by atoms with Crippen molar-refractivity contribution in [2.45, 2.75) is 40.7 Å². The van der Waals surface area contributed by atoms with Crippen LogP contribution < -0.4 is 9.47 Å². The lowest BCUT2D eigenvalue weighted by Gasteiger charge is -2.12. The van der Waals surface area contributed by atoms with Crippen LogP contribution in [0, 0.1) is 25.2 Å². The van der Waals surface area contributed by atoms with E-state index in [-0.39, 0.29) is 12.4 Å². The average molecular weight is 340 g/mol. The number of aryl methyl sites for hydroxylation is 1. The second-order valence-corrected chi connectivity index (χ2v) is 5.85. The second-order valence-electron chi connectivity index (χ2n) is 5.85. The minimum Gasteiger partial charge on any atom is -0.490 e. The first-order valence-corrected chi connectivity index (χ1v) is 8.51. The third kappa shape index (κ3) is 4.21. The number of Topliss-reactive ketones (excluding diaryl/α,β-unsaturated/α-hetero) is 1. The maximum atomic E-state index is 12.6. The van der Waals surface area contributed by atoms with E-state index < -0.39 is 0 Å². The fourth-order valence-electron chi connectivity index (χ4n) is 2.84. The Kier molecular flexibility index (Phi) is 6.24. The molecule has 25 heavy (non-hydrogen) atoms. The number of ether oxygens (including phenoxy) is 2. The maximum absolute atomic E-state index is 12.6. The molecule has 0 bridgehead atoms. The lowest BCUT2D eigenvalue weighted by Crippen LogP contribution is -2.13. The van der Waals surface area contributed by atoms with E-state index in [4.69, 9.17) is 14.7 Å². The number of hydrogen-bond acceptors (Lipinski definition) is 4. The summed E-state index contributed by atoms with van der Waals surface area (Å²) < 4.78 is 13.3. The molecule has 2 rings (SSSR count). The Labute approximate surface area is 148 Å². The lowest BCUT2D eigenvalue weighted by atomic mass is 10.1. The molecule has 5 heteroatoms. The standard InChI is InChI=1S/C20H24N2O3/c1-5-9-22-14(3)10-17(15(22)4)18(23)13-25-19-8-7-16(12-21)11-20(19)24-6-2/h7-8,10-11H,5-6,9,13H2,1-4H3. The second kappa shape index (κ2) is 8.39. The molecule has 0 aliphatic heterocycles. The highest BCUT2D eigenvalue weighted by Crippen LogP contribution is 2.28. The van der Waals surface area contributed by atoms with E-state index in [9.17, 15) is 4.79 Å². The van der Waals surface area contributed by atoms with Crippen LogP contribution in [0.15, 0.2) is 24.3 Å². The van der Waals surface area contributed by atoms with Gasteiger partial charge in [-0.2, -0.15) is 5.26 Å². The van der Waals surface area contributed by atoms with Crippen molar-refractivity contribution in [1.82, 2.24) is 4.57 Å². The summed E-state index contributed by atoms with van der Waals surface area (Å²) in [7, 11) is 0. The van der Waals surface area contributed by atoms with E-state index in [1.54, 1.807) is 18.2 Å². The van der Waals surface area contributed by atoms with E-state index >= 15 is 0 Å². The fraction of sp³-hybridized carbons (Fsp3) is 0.400. The molecule has 0 atom stereocenters. The molecule has 0 N–H and O–H groups in total. The zero-order valence-corrected chi connectivity index (χ0v) is 15.3.